The van der Waals surface area contributed by atoms with Gasteiger partial charge < -0.3 is 41.4 Å². The third-order valence-electron chi connectivity index (χ3n) is 6.94. The monoisotopic (exact) mass is 758 g/mol. The van der Waals surface area contributed by atoms with Crippen molar-refractivity contribution in [2.75, 3.05) is 59.3 Å². The molecule has 49 heavy (non-hydrogen) atoms. The van der Waals surface area contributed by atoms with Crippen molar-refractivity contribution in [3.05, 3.63) is 32.6 Å². The van der Waals surface area contributed by atoms with E-state index in [9.17, 15) is 24.0 Å². The van der Waals surface area contributed by atoms with Gasteiger partial charge in [0.05, 0.1) is 58.7 Å². The van der Waals surface area contributed by atoms with Crippen LogP contribution in [0.15, 0.2) is 15.8 Å². The zero-order valence-corrected chi connectivity index (χ0v) is 32.6. The Morgan fingerprint density at radius 1 is 0.980 bits per heavy atom. The minimum atomic E-state index is -4.14. The minimum Gasteiger partial charge on any atom is -0.382 e. The first kappa shape index (κ1) is 43.8. The van der Waals surface area contributed by atoms with Crippen LogP contribution in [-0.2, 0) is 50.5 Å². The van der Waals surface area contributed by atoms with Crippen molar-refractivity contribution >= 4 is 23.7 Å². The number of methoxy groups -OCH3 is 1. The van der Waals surface area contributed by atoms with Crippen molar-refractivity contribution in [1.29, 1.82) is 5.26 Å². The molecule has 1 aliphatic heterocycles. The third kappa shape index (κ3) is 13.0. The highest BCUT2D eigenvalue weighted by Crippen LogP contribution is 2.64. The molecule has 0 amide bonds. The van der Waals surface area contributed by atoms with E-state index >= 15 is 0 Å². The lowest BCUT2D eigenvalue weighted by molar-refractivity contribution is -0.0808. The molecular weight excluding hydrogens is 705 g/mol. The predicted octanol–water partition coefficient (Wildman–Crippen LogP) is 4.91. The second-order valence-corrected chi connectivity index (χ2v) is 17.4. The van der Waals surface area contributed by atoms with E-state index in [1.54, 1.807) is 20.8 Å². The Bertz CT molecular complexity index is 1380. The summed E-state index contributed by atoms with van der Waals surface area (Å²) in [6, 6.07) is 1.96. The SMILES string of the molecule is CCOP(=O)(CP(=O)(OCC)OC[C@H]1O[C@@H](n2cc(C)c(=O)[nH]c2=O)[C@H](OCCOC)[C@@H]1OP(OCCC#N)N(C(C)C)C(C)C)OCC. The molecule has 1 aromatic rings. The molecule has 0 aliphatic carbocycles. The number of aryl methyl sites for hydroxylation is 1. The molecule has 17 nitrogen and oxygen atoms in total. The lowest BCUT2D eigenvalue weighted by Crippen LogP contribution is -2.43. The van der Waals surface area contributed by atoms with Crippen LogP contribution in [-0.4, -0.2) is 104 Å². The Morgan fingerprint density at radius 2 is 1.57 bits per heavy atom. The number of ether oxygens (including phenoxy) is 3. The molecule has 0 saturated carbocycles. The lowest BCUT2D eigenvalue weighted by Gasteiger charge is -2.38. The summed E-state index contributed by atoms with van der Waals surface area (Å²) in [4.78, 5) is 27.7. The van der Waals surface area contributed by atoms with Gasteiger partial charge in [-0.2, -0.15) is 5.26 Å². The van der Waals surface area contributed by atoms with Gasteiger partial charge in [0.15, 0.2) is 12.1 Å². The minimum absolute atomic E-state index is 0.0336. The number of aromatic amines is 1. The number of hydrogen-bond acceptors (Lipinski definition) is 15. The number of nitrogens with zero attached hydrogens (tertiary/aromatic N) is 3. The van der Waals surface area contributed by atoms with Crippen LogP contribution < -0.4 is 11.2 Å². The third-order valence-corrected chi connectivity index (χ3v) is 14.3. The molecule has 2 rings (SSSR count). The Morgan fingerprint density at radius 3 is 2.10 bits per heavy atom. The van der Waals surface area contributed by atoms with Crippen LogP contribution in [0.5, 0.6) is 0 Å². The summed E-state index contributed by atoms with van der Waals surface area (Å²) in [5.74, 6) is -0.651. The van der Waals surface area contributed by atoms with Crippen molar-refractivity contribution in [1.82, 2.24) is 14.2 Å². The summed E-state index contributed by atoms with van der Waals surface area (Å²) in [5, 5.41) is 9.21. The molecule has 1 N–H and O–H groups in total. The van der Waals surface area contributed by atoms with E-state index < -0.39 is 72.0 Å². The van der Waals surface area contributed by atoms with Gasteiger partial charge in [0, 0.05) is 31.0 Å². The largest absolute Gasteiger partial charge is 0.382 e. The fraction of sp³-hybridized carbons (Fsp3) is 0.828. The fourth-order valence-corrected chi connectivity index (χ4v) is 11.5. The van der Waals surface area contributed by atoms with Crippen LogP contribution in [0.25, 0.3) is 0 Å². The van der Waals surface area contributed by atoms with Crippen LogP contribution in [0.4, 0.5) is 0 Å². The maximum Gasteiger partial charge on any atom is 0.342 e. The summed E-state index contributed by atoms with van der Waals surface area (Å²) in [5.41, 5.74) is -1.07. The van der Waals surface area contributed by atoms with Crippen LogP contribution in [0.1, 0.15) is 66.7 Å². The summed E-state index contributed by atoms with van der Waals surface area (Å²) in [6.45, 7) is 14.3. The molecule has 0 spiro atoms. The van der Waals surface area contributed by atoms with Gasteiger partial charge in [-0.3, -0.25) is 23.5 Å². The standard InChI is InChI=1S/C29H53N4O13P3/c1-10-41-48(36,42-11-2)20-49(37,43-12-3)44-19-24-25(46-47(40-15-13-14-30)33(21(4)5)22(6)7)26(39-17-16-38-9)28(45-24)32-18-23(8)27(34)31-29(32)35/h18,21-22,24-26,28H,10-13,15-17,19-20H2,1-9H3,(H,31,34,35)/t24-,25-,26-,28-,47?,49?/m1/s1. The van der Waals surface area contributed by atoms with E-state index in [0.29, 0.717) is 0 Å². The highest BCUT2D eigenvalue weighted by molar-refractivity contribution is 7.71. The average Bonchev–Trinajstić information content (AvgIpc) is 3.34. The quantitative estimate of drug-likeness (QED) is 0.110. The van der Waals surface area contributed by atoms with Gasteiger partial charge in [0.25, 0.3) is 14.1 Å². The Hall–Kier alpha value is -1.34. The molecule has 1 fully saturated rings. The second-order valence-electron chi connectivity index (χ2n) is 11.4. The van der Waals surface area contributed by atoms with E-state index in [4.69, 9.17) is 41.4 Å². The lowest BCUT2D eigenvalue weighted by atomic mass is 10.1. The number of aromatic nitrogens is 2. The highest BCUT2D eigenvalue weighted by atomic mass is 31.2. The maximum atomic E-state index is 14.0. The first-order chi connectivity index (χ1) is 23.2. The zero-order chi connectivity index (χ0) is 36.8. The van der Waals surface area contributed by atoms with Crippen LogP contribution in [0.2, 0.25) is 0 Å². The topological polar surface area (TPSA) is 199 Å². The number of rotatable bonds is 24. The average molecular weight is 759 g/mol. The molecule has 0 bridgehead atoms. The molecule has 0 radical (unpaired) electrons. The van der Waals surface area contributed by atoms with Crippen LogP contribution in [0.3, 0.4) is 0 Å². The number of hydrogen-bond donors (Lipinski definition) is 1. The van der Waals surface area contributed by atoms with E-state index in [-0.39, 0.29) is 63.7 Å². The van der Waals surface area contributed by atoms with Gasteiger partial charge >= 0.3 is 20.9 Å². The van der Waals surface area contributed by atoms with Gasteiger partial charge in [-0.1, -0.05) is 0 Å². The second kappa shape index (κ2) is 21.2. The number of H-pyrrole nitrogens is 1. The van der Waals surface area contributed by atoms with Crippen molar-refractivity contribution < 1.29 is 50.5 Å². The highest BCUT2D eigenvalue weighted by Gasteiger charge is 2.51. The molecule has 1 saturated heterocycles. The smallest absolute Gasteiger partial charge is 0.342 e. The van der Waals surface area contributed by atoms with Crippen LogP contribution in [0, 0.1) is 18.3 Å². The molecule has 0 aromatic carbocycles. The fourth-order valence-electron chi connectivity index (χ4n) is 5.04. The molecule has 2 heterocycles. The summed E-state index contributed by atoms with van der Waals surface area (Å²) >= 11 is 0. The van der Waals surface area contributed by atoms with Crippen molar-refractivity contribution in [3.63, 3.8) is 0 Å². The van der Waals surface area contributed by atoms with Crippen molar-refractivity contribution in [2.45, 2.75) is 98.4 Å². The van der Waals surface area contributed by atoms with E-state index in [1.165, 1.54) is 24.8 Å². The van der Waals surface area contributed by atoms with Gasteiger partial charge in [0.2, 0.25) is 0 Å². The zero-order valence-electron chi connectivity index (χ0n) is 29.9. The van der Waals surface area contributed by atoms with Gasteiger partial charge in [0.1, 0.15) is 18.3 Å². The van der Waals surface area contributed by atoms with Crippen molar-refractivity contribution in [2.24, 2.45) is 0 Å². The first-order valence-corrected chi connectivity index (χ1v) is 20.9. The summed E-state index contributed by atoms with van der Waals surface area (Å²) in [6.07, 6.45) is -2.82. The molecule has 20 heteroatoms. The van der Waals surface area contributed by atoms with Gasteiger partial charge in [-0.05, 0) is 55.4 Å². The first-order valence-electron chi connectivity index (χ1n) is 16.3. The number of nitrogens with one attached hydrogen (secondary N) is 1. The molecule has 1 aliphatic rings. The number of nitriles is 1. The summed E-state index contributed by atoms with van der Waals surface area (Å²) < 4.78 is 83.5. The summed E-state index contributed by atoms with van der Waals surface area (Å²) in [7, 11) is -8.40. The molecule has 282 valence electrons. The van der Waals surface area contributed by atoms with E-state index in [0.717, 1.165) is 0 Å². The maximum absolute atomic E-state index is 14.0. The van der Waals surface area contributed by atoms with Gasteiger partial charge in [-0.15, -0.1) is 0 Å². The molecule has 1 aromatic heterocycles. The van der Waals surface area contributed by atoms with E-state index in [1.807, 2.05) is 32.4 Å². The van der Waals surface area contributed by atoms with Crippen molar-refractivity contribution in [3.8, 4) is 6.07 Å². The molecular formula is C29H53N4O13P3. The van der Waals surface area contributed by atoms with Crippen LogP contribution >= 0.6 is 23.7 Å². The Labute approximate surface area is 289 Å². The Kier molecular flexibility index (Phi) is 19.0. The van der Waals surface area contributed by atoms with Gasteiger partial charge in [-0.25, -0.2) is 9.46 Å². The molecule has 6 atom stereocenters. The van der Waals surface area contributed by atoms with E-state index in [2.05, 4.69) is 11.1 Å². The normalized spacial score (nSPS) is 21.8. The Balaban J connectivity index is 2.66. The predicted molar refractivity (Wildman–Crippen MR) is 183 cm³/mol. The molecule has 2 unspecified atom stereocenters.